The normalized spacial score (nSPS) is 16.6. The first kappa shape index (κ1) is 34.8. The number of benzene rings is 4. The van der Waals surface area contributed by atoms with E-state index in [0.717, 1.165) is 44.3 Å². The van der Waals surface area contributed by atoms with E-state index in [1.54, 1.807) is 44.5 Å². The Balaban J connectivity index is 0.000000174. The fraction of sp³-hybridized carbons (Fsp3) is 0.154. The number of rotatable bonds is 6. The van der Waals surface area contributed by atoms with Gasteiger partial charge in [-0.1, -0.05) is 61.5 Å². The van der Waals surface area contributed by atoms with Gasteiger partial charge < -0.3 is 25.4 Å². The topological polar surface area (TPSA) is 166 Å². The molecular weight excluding hydrogens is 634 g/mol. The number of fused-ring (bicyclic) bond motifs is 2. The SMILES string of the molecule is C/C(=N\NC(=O)c1cc2ccccc2cc1O)C1NC2=C(C1=O)C(C)C=C2.CN/N=C(\C)c1ccco1.O=Cc1cc2ccccc2cc1O. The Morgan fingerprint density at radius 3 is 2.08 bits per heavy atom. The van der Waals surface area contributed by atoms with E-state index in [4.69, 9.17) is 4.42 Å². The van der Waals surface area contributed by atoms with Gasteiger partial charge in [0.05, 0.1) is 28.8 Å². The van der Waals surface area contributed by atoms with E-state index in [0.29, 0.717) is 17.6 Å². The quantitative estimate of drug-likeness (QED) is 0.0805. The molecule has 2 unspecified atom stereocenters. The maximum atomic E-state index is 12.6. The third-order valence-corrected chi connectivity index (χ3v) is 8.16. The van der Waals surface area contributed by atoms with Crippen LogP contribution in [0.3, 0.4) is 0 Å². The molecule has 11 nitrogen and oxygen atoms in total. The molecule has 4 aromatic carbocycles. The van der Waals surface area contributed by atoms with Crippen LogP contribution >= 0.6 is 0 Å². The predicted molar refractivity (Wildman–Crippen MR) is 194 cm³/mol. The van der Waals surface area contributed by atoms with Crippen molar-refractivity contribution in [1.29, 1.82) is 0 Å². The molecule has 1 aliphatic carbocycles. The molecule has 0 saturated carbocycles. The third-order valence-electron chi connectivity index (χ3n) is 8.16. The molecule has 5 N–H and O–H groups in total. The van der Waals surface area contributed by atoms with Crippen molar-refractivity contribution in [3.63, 3.8) is 0 Å². The average molecular weight is 672 g/mol. The van der Waals surface area contributed by atoms with Crippen molar-refractivity contribution >= 4 is 50.9 Å². The van der Waals surface area contributed by atoms with Gasteiger partial charge in [0.1, 0.15) is 23.3 Å². The van der Waals surface area contributed by atoms with Gasteiger partial charge in [0.2, 0.25) is 0 Å². The van der Waals surface area contributed by atoms with Crippen LogP contribution in [0.15, 0.2) is 129 Å². The number of ketones is 1. The van der Waals surface area contributed by atoms with E-state index < -0.39 is 11.9 Å². The zero-order valence-corrected chi connectivity index (χ0v) is 28.0. The number of aldehydes is 1. The van der Waals surface area contributed by atoms with Crippen molar-refractivity contribution in [2.75, 3.05) is 7.05 Å². The van der Waals surface area contributed by atoms with Gasteiger partial charge in [-0.25, -0.2) is 5.43 Å². The zero-order chi connectivity index (χ0) is 35.8. The minimum atomic E-state index is -0.576. The Hall–Kier alpha value is -6.49. The van der Waals surface area contributed by atoms with E-state index in [-0.39, 0.29) is 28.8 Å². The molecule has 2 aliphatic rings. The highest BCUT2D eigenvalue weighted by atomic mass is 16.3. The summed E-state index contributed by atoms with van der Waals surface area (Å²) in [6, 6.07) is 24.6. The number of phenolic OH excluding ortho intramolecular Hbond substituents is 2. The van der Waals surface area contributed by atoms with Crippen LogP contribution in [0.1, 0.15) is 47.2 Å². The van der Waals surface area contributed by atoms with Gasteiger partial charge in [0, 0.05) is 24.2 Å². The van der Waals surface area contributed by atoms with E-state index in [1.807, 2.05) is 86.7 Å². The molecule has 5 aromatic rings. The number of hydrogen-bond acceptors (Lipinski definition) is 10. The highest BCUT2D eigenvalue weighted by Crippen LogP contribution is 2.31. The fourth-order valence-electron chi connectivity index (χ4n) is 5.55. The predicted octanol–water partition coefficient (Wildman–Crippen LogP) is 6.23. The molecular formula is C39H37N5O6. The number of nitrogens with one attached hydrogen (secondary N) is 3. The third kappa shape index (κ3) is 7.79. The lowest BCUT2D eigenvalue weighted by molar-refractivity contribution is -0.115. The van der Waals surface area contributed by atoms with Crippen molar-refractivity contribution in [3.05, 3.63) is 132 Å². The summed E-state index contributed by atoms with van der Waals surface area (Å²) in [5, 5.41) is 34.3. The van der Waals surface area contributed by atoms with Gasteiger partial charge in [-0.2, -0.15) is 10.2 Å². The van der Waals surface area contributed by atoms with Crippen LogP contribution in [0.5, 0.6) is 11.5 Å². The van der Waals surface area contributed by atoms with E-state index in [1.165, 1.54) is 0 Å². The Morgan fingerprint density at radius 1 is 0.880 bits per heavy atom. The number of Topliss-reactive ketones (excluding diaryl/α,β-unsaturated/α-hetero) is 1. The molecule has 0 fully saturated rings. The smallest absolute Gasteiger partial charge is 0.275 e. The van der Waals surface area contributed by atoms with Crippen LogP contribution < -0.4 is 16.2 Å². The van der Waals surface area contributed by atoms with Gasteiger partial charge in [-0.3, -0.25) is 14.4 Å². The zero-order valence-electron chi connectivity index (χ0n) is 28.0. The Kier molecular flexibility index (Phi) is 10.9. The van der Waals surface area contributed by atoms with Crippen LogP contribution in [0, 0.1) is 5.92 Å². The summed E-state index contributed by atoms with van der Waals surface area (Å²) in [6.45, 7) is 5.54. The summed E-state index contributed by atoms with van der Waals surface area (Å²) >= 11 is 0. The number of furan rings is 1. The number of hydrazone groups is 2. The summed E-state index contributed by atoms with van der Waals surface area (Å²) in [5.74, 6) is 0.252. The Bertz CT molecular complexity index is 2180. The molecule has 0 radical (unpaired) electrons. The number of hydrogen-bond donors (Lipinski definition) is 5. The minimum Gasteiger partial charge on any atom is -0.507 e. The highest BCUT2D eigenvalue weighted by molar-refractivity contribution is 6.18. The van der Waals surface area contributed by atoms with Gasteiger partial charge in [-0.05, 0) is 77.9 Å². The van der Waals surface area contributed by atoms with Crippen molar-refractivity contribution < 1.29 is 29.0 Å². The van der Waals surface area contributed by atoms with Crippen LogP contribution in [0.2, 0.25) is 0 Å². The fourth-order valence-corrected chi connectivity index (χ4v) is 5.55. The molecule has 7 rings (SSSR count). The van der Waals surface area contributed by atoms with Crippen LogP contribution in [-0.4, -0.2) is 52.7 Å². The van der Waals surface area contributed by atoms with Crippen LogP contribution in [0.4, 0.5) is 0 Å². The van der Waals surface area contributed by atoms with Crippen LogP contribution in [0.25, 0.3) is 21.5 Å². The first-order chi connectivity index (χ1) is 24.1. The number of aromatic hydroxyl groups is 2. The number of allylic oxidation sites excluding steroid dienone is 2. The van der Waals surface area contributed by atoms with E-state index in [2.05, 4.69) is 26.4 Å². The van der Waals surface area contributed by atoms with Crippen LogP contribution in [-0.2, 0) is 4.79 Å². The molecule has 0 bridgehead atoms. The summed E-state index contributed by atoms with van der Waals surface area (Å²) in [5.41, 5.74) is 8.49. The summed E-state index contributed by atoms with van der Waals surface area (Å²) < 4.78 is 5.08. The van der Waals surface area contributed by atoms with Crippen molar-refractivity contribution in [1.82, 2.24) is 16.2 Å². The van der Waals surface area contributed by atoms with Crippen molar-refractivity contribution in [2.24, 2.45) is 16.1 Å². The second-order valence-corrected chi connectivity index (χ2v) is 11.6. The first-order valence-corrected chi connectivity index (χ1v) is 15.8. The molecule has 0 spiro atoms. The summed E-state index contributed by atoms with van der Waals surface area (Å²) in [4.78, 5) is 35.5. The number of amides is 1. The second kappa shape index (κ2) is 15.6. The van der Waals surface area contributed by atoms with Gasteiger partial charge >= 0.3 is 0 Å². The summed E-state index contributed by atoms with van der Waals surface area (Å²) in [6.07, 6.45) is 6.16. The van der Waals surface area contributed by atoms with E-state index >= 15 is 0 Å². The Morgan fingerprint density at radius 2 is 1.50 bits per heavy atom. The van der Waals surface area contributed by atoms with Crippen molar-refractivity contribution in [2.45, 2.75) is 26.8 Å². The Labute approximate surface area is 288 Å². The highest BCUT2D eigenvalue weighted by Gasteiger charge is 2.37. The molecule has 2 atom stereocenters. The van der Waals surface area contributed by atoms with E-state index in [9.17, 15) is 24.6 Å². The molecule has 50 heavy (non-hydrogen) atoms. The molecule has 1 aromatic heterocycles. The molecule has 11 heteroatoms. The second-order valence-electron chi connectivity index (χ2n) is 11.6. The molecule has 1 aliphatic heterocycles. The maximum absolute atomic E-state index is 12.6. The lowest BCUT2D eigenvalue weighted by atomic mass is 9.97. The number of carbonyl (C=O) groups excluding carboxylic acids is 3. The largest absolute Gasteiger partial charge is 0.507 e. The standard InChI is InChI=1S/C21H19N3O3.C11H8O2.C7H10N2O/c1-11-7-8-16-18(11)20(26)19(22-16)12(2)23-24-21(27)15-9-13-5-3-4-6-14(13)10-17(15)25;12-7-10-5-8-3-1-2-4-9(8)6-11(10)13;1-6(9-8-2)7-4-3-5-10-7/h3-11,19,22,25H,1-2H3,(H,24,27);1-7,13H;3-5,8H,1-2H3/b23-12+;;9-6+. The molecule has 254 valence electrons. The lowest BCUT2D eigenvalue weighted by Crippen LogP contribution is -2.38. The van der Waals surface area contributed by atoms with Gasteiger partial charge in [0.25, 0.3) is 5.91 Å². The maximum Gasteiger partial charge on any atom is 0.275 e. The first-order valence-electron chi connectivity index (χ1n) is 15.8. The molecule has 1 amide bonds. The van der Waals surface area contributed by atoms with Gasteiger partial charge in [-0.15, -0.1) is 0 Å². The summed E-state index contributed by atoms with van der Waals surface area (Å²) in [7, 11) is 1.76. The van der Waals surface area contributed by atoms with Gasteiger partial charge in [0.15, 0.2) is 12.1 Å². The lowest BCUT2D eigenvalue weighted by Gasteiger charge is -2.13. The number of phenols is 2. The average Bonchev–Trinajstić information content (AvgIpc) is 3.87. The van der Waals surface area contributed by atoms with Crippen molar-refractivity contribution in [3.8, 4) is 11.5 Å². The minimum absolute atomic E-state index is 0.0217. The monoisotopic (exact) mass is 671 g/mol. The molecule has 2 heterocycles. The number of nitrogens with zero attached hydrogens (tertiary/aromatic N) is 2. The number of carbonyl (C=O) groups is 3. The molecule has 0 saturated heterocycles.